The van der Waals surface area contributed by atoms with Crippen LogP contribution in [0.5, 0.6) is 0 Å². The van der Waals surface area contributed by atoms with E-state index >= 15 is 0 Å². The Morgan fingerprint density at radius 2 is 2.06 bits per heavy atom. The number of nitrogens with zero attached hydrogens (tertiary/aromatic N) is 2. The summed E-state index contributed by atoms with van der Waals surface area (Å²) in [6.45, 7) is 3.43. The van der Waals surface area contributed by atoms with Gasteiger partial charge >= 0.3 is 6.18 Å². The van der Waals surface area contributed by atoms with Crippen molar-refractivity contribution >= 4 is 5.91 Å². The predicted molar refractivity (Wildman–Crippen MR) is 50.8 cm³/mol. The molecule has 90 valence electrons. The number of aryl methyl sites for hydroxylation is 1. The molecule has 0 saturated heterocycles. The summed E-state index contributed by atoms with van der Waals surface area (Å²) in [5.41, 5.74) is -1.18. The molecule has 1 heterocycles. The monoisotopic (exact) mass is 235 g/mol. The second-order valence-electron chi connectivity index (χ2n) is 3.66. The Labute approximate surface area is 90.4 Å². The molecule has 16 heavy (non-hydrogen) atoms. The molecule has 1 amide bonds. The van der Waals surface area contributed by atoms with E-state index < -0.39 is 17.8 Å². The Morgan fingerprint density at radius 3 is 2.44 bits per heavy atom. The van der Waals surface area contributed by atoms with Gasteiger partial charge in [-0.2, -0.15) is 18.3 Å². The predicted octanol–water partition coefficient (Wildman–Crippen LogP) is 1.58. The molecule has 1 N–H and O–H groups in total. The number of alkyl halides is 3. The van der Waals surface area contributed by atoms with E-state index in [1.54, 1.807) is 13.8 Å². The van der Waals surface area contributed by atoms with E-state index in [1.165, 1.54) is 0 Å². The number of hydrogen-bond donors (Lipinski definition) is 1. The maximum absolute atomic E-state index is 12.4. The first-order valence-corrected chi connectivity index (χ1v) is 4.64. The largest absolute Gasteiger partial charge is 0.433 e. The van der Waals surface area contributed by atoms with Crippen molar-refractivity contribution in [1.82, 2.24) is 15.1 Å². The lowest BCUT2D eigenvalue weighted by molar-refractivity contribution is -0.143. The van der Waals surface area contributed by atoms with Crippen LogP contribution in [0.15, 0.2) is 6.07 Å². The van der Waals surface area contributed by atoms with Crippen molar-refractivity contribution in [3.63, 3.8) is 0 Å². The highest BCUT2D eigenvalue weighted by Crippen LogP contribution is 2.29. The van der Waals surface area contributed by atoms with Gasteiger partial charge in [-0.05, 0) is 13.8 Å². The van der Waals surface area contributed by atoms with Gasteiger partial charge in [0, 0.05) is 19.2 Å². The highest BCUT2D eigenvalue weighted by Gasteiger charge is 2.35. The maximum Gasteiger partial charge on any atom is 0.433 e. The topological polar surface area (TPSA) is 46.9 Å². The lowest BCUT2D eigenvalue weighted by Crippen LogP contribution is -2.30. The second kappa shape index (κ2) is 4.15. The standard InChI is InChI=1S/C9H12F3N3O/c1-5(2)13-8(16)6-4-7(9(10,11)12)15(3)14-6/h4-5H,1-3H3,(H,13,16). The highest BCUT2D eigenvalue weighted by atomic mass is 19.4. The molecule has 1 rings (SSSR count). The summed E-state index contributed by atoms with van der Waals surface area (Å²) in [5.74, 6) is -0.610. The molecule has 0 aliphatic carbocycles. The summed E-state index contributed by atoms with van der Waals surface area (Å²) in [6.07, 6.45) is -4.50. The van der Waals surface area contributed by atoms with E-state index in [-0.39, 0.29) is 11.7 Å². The van der Waals surface area contributed by atoms with Gasteiger partial charge < -0.3 is 5.32 Å². The molecule has 1 aromatic rings. The molecular weight excluding hydrogens is 223 g/mol. The van der Waals surface area contributed by atoms with Gasteiger partial charge in [0.25, 0.3) is 5.91 Å². The first-order valence-electron chi connectivity index (χ1n) is 4.64. The Bertz CT molecular complexity index is 395. The van der Waals surface area contributed by atoms with Gasteiger partial charge in [0.2, 0.25) is 0 Å². The highest BCUT2D eigenvalue weighted by molar-refractivity contribution is 5.92. The third-order valence-corrected chi connectivity index (χ3v) is 1.82. The van der Waals surface area contributed by atoms with Crippen molar-refractivity contribution in [3.8, 4) is 0 Å². The van der Waals surface area contributed by atoms with Crippen LogP contribution in [0.25, 0.3) is 0 Å². The van der Waals surface area contributed by atoms with E-state index in [1.807, 2.05) is 0 Å². The van der Waals surface area contributed by atoms with Gasteiger partial charge in [0.15, 0.2) is 5.69 Å². The van der Waals surface area contributed by atoms with E-state index in [0.29, 0.717) is 4.68 Å². The molecule has 1 aromatic heterocycles. The van der Waals surface area contributed by atoms with E-state index in [2.05, 4.69) is 10.4 Å². The smallest absolute Gasteiger partial charge is 0.348 e. The van der Waals surface area contributed by atoms with Crippen LogP contribution in [0.4, 0.5) is 13.2 Å². The van der Waals surface area contributed by atoms with Gasteiger partial charge in [-0.25, -0.2) is 0 Å². The number of nitrogens with one attached hydrogen (secondary N) is 1. The fourth-order valence-electron chi connectivity index (χ4n) is 1.18. The van der Waals surface area contributed by atoms with Crippen molar-refractivity contribution in [2.75, 3.05) is 0 Å². The quantitative estimate of drug-likeness (QED) is 0.845. The molecule has 0 unspecified atom stereocenters. The molecule has 0 aliphatic heterocycles. The van der Waals surface area contributed by atoms with Crippen LogP contribution < -0.4 is 5.32 Å². The van der Waals surface area contributed by atoms with Crippen molar-refractivity contribution in [2.24, 2.45) is 7.05 Å². The summed E-state index contributed by atoms with van der Waals surface area (Å²) in [4.78, 5) is 11.4. The van der Waals surface area contributed by atoms with Crippen LogP contribution in [0.1, 0.15) is 30.0 Å². The molecule has 0 radical (unpaired) electrons. The minimum Gasteiger partial charge on any atom is -0.348 e. The number of rotatable bonds is 2. The summed E-state index contributed by atoms with van der Waals surface area (Å²) < 4.78 is 37.8. The first kappa shape index (κ1) is 12.5. The normalized spacial score (nSPS) is 11.9. The first-order chi connectivity index (χ1) is 7.21. The minimum atomic E-state index is -4.50. The average molecular weight is 235 g/mol. The summed E-state index contributed by atoms with van der Waals surface area (Å²) >= 11 is 0. The maximum atomic E-state index is 12.4. The Morgan fingerprint density at radius 1 is 1.50 bits per heavy atom. The molecule has 7 heteroatoms. The van der Waals surface area contributed by atoms with E-state index in [0.717, 1.165) is 13.1 Å². The third-order valence-electron chi connectivity index (χ3n) is 1.82. The van der Waals surface area contributed by atoms with Crippen LogP contribution in [0.2, 0.25) is 0 Å². The number of halogens is 3. The zero-order valence-electron chi connectivity index (χ0n) is 9.09. The Balaban J connectivity index is 2.97. The summed E-state index contributed by atoms with van der Waals surface area (Å²) in [5, 5.41) is 5.98. The van der Waals surface area contributed by atoms with Gasteiger partial charge in [-0.1, -0.05) is 0 Å². The lowest BCUT2D eigenvalue weighted by Gasteiger charge is -2.05. The van der Waals surface area contributed by atoms with Crippen molar-refractivity contribution in [1.29, 1.82) is 0 Å². The molecule has 0 aliphatic rings. The zero-order valence-corrected chi connectivity index (χ0v) is 9.09. The number of hydrogen-bond acceptors (Lipinski definition) is 2. The fourth-order valence-corrected chi connectivity index (χ4v) is 1.18. The molecule has 0 bridgehead atoms. The molecule has 4 nitrogen and oxygen atoms in total. The minimum absolute atomic E-state index is 0.149. The van der Waals surface area contributed by atoms with Crippen LogP contribution >= 0.6 is 0 Å². The molecular formula is C9H12F3N3O. The molecule has 0 fully saturated rings. The lowest BCUT2D eigenvalue weighted by atomic mass is 10.3. The van der Waals surface area contributed by atoms with Gasteiger partial charge in [0.05, 0.1) is 0 Å². The molecule has 0 atom stereocenters. The Kier molecular flexibility index (Phi) is 3.25. The van der Waals surface area contributed by atoms with Crippen LogP contribution in [0, 0.1) is 0 Å². The van der Waals surface area contributed by atoms with Gasteiger partial charge in [-0.15, -0.1) is 0 Å². The Hall–Kier alpha value is -1.53. The number of amides is 1. The third kappa shape index (κ3) is 2.74. The van der Waals surface area contributed by atoms with Gasteiger partial charge in [0.1, 0.15) is 5.69 Å². The van der Waals surface area contributed by atoms with Crippen LogP contribution in [-0.4, -0.2) is 21.7 Å². The zero-order chi connectivity index (χ0) is 12.5. The van der Waals surface area contributed by atoms with E-state index in [9.17, 15) is 18.0 Å². The van der Waals surface area contributed by atoms with Gasteiger partial charge in [-0.3, -0.25) is 9.48 Å². The van der Waals surface area contributed by atoms with E-state index in [4.69, 9.17) is 0 Å². The second-order valence-corrected chi connectivity index (χ2v) is 3.66. The average Bonchev–Trinajstić information content (AvgIpc) is 2.44. The fraction of sp³-hybridized carbons (Fsp3) is 0.556. The number of aromatic nitrogens is 2. The van der Waals surface area contributed by atoms with Crippen LogP contribution in [-0.2, 0) is 13.2 Å². The summed E-state index contributed by atoms with van der Waals surface area (Å²) in [6, 6.07) is 0.585. The van der Waals surface area contributed by atoms with Crippen LogP contribution in [0.3, 0.4) is 0 Å². The van der Waals surface area contributed by atoms with Crippen molar-refractivity contribution in [3.05, 3.63) is 17.5 Å². The van der Waals surface area contributed by atoms with Crippen molar-refractivity contribution in [2.45, 2.75) is 26.1 Å². The SMILES string of the molecule is CC(C)NC(=O)c1cc(C(F)(F)F)n(C)n1. The number of carbonyl (C=O) groups excluding carboxylic acids is 1. The molecule has 0 aromatic carbocycles. The molecule has 0 spiro atoms. The summed E-state index contributed by atoms with van der Waals surface area (Å²) in [7, 11) is 1.15. The number of carbonyl (C=O) groups is 1. The molecule has 0 saturated carbocycles. The van der Waals surface area contributed by atoms with Crippen molar-refractivity contribution < 1.29 is 18.0 Å².